The molecule has 0 radical (unpaired) electrons. The van der Waals surface area contributed by atoms with Crippen LogP contribution in [0.3, 0.4) is 0 Å². The number of carbonyl (C=O) groups is 5. The normalized spacial score (nSPS) is 17.4. The number of benzene rings is 4. The fraction of sp³-hybridized carbons (Fsp3) is 0.426. The van der Waals surface area contributed by atoms with Crippen LogP contribution in [0.5, 0.6) is 0 Å². The summed E-state index contributed by atoms with van der Waals surface area (Å²) >= 11 is 0. The van der Waals surface area contributed by atoms with Crippen LogP contribution in [0, 0.1) is 10.8 Å². The van der Waals surface area contributed by atoms with Gasteiger partial charge in [0.25, 0.3) is 21.9 Å². The summed E-state index contributed by atoms with van der Waals surface area (Å²) in [4.78, 5) is 69.0. The van der Waals surface area contributed by atoms with Crippen LogP contribution in [0.15, 0.2) is 97.1 Å². The van der Waals surface area contributed by atoms with Crippen LogP contribution in [0.2, 0.25) is 0 Å². The molecule has 0 aromatic heterocycles. The van der Waals surface area contributed by atoms with E-state index in [4.69, 9.17) is 29.2 Å². The number of hydrogen-bond donors (Lipinski definition) is 4. The van der Waals surface area contributed by atoms with Gasteiger partial charge in [-0.1, -0.05) is 65.8 Å². The lowest BCUT2D eigenvalue weighted by atomic mass is 9.86. The Morgan fingerprint density at radius 3 is 1.42 bits per heavy atom. The van der Waals surface area contributed by atoms with E-state index in [1.165, 1.54) is 4.90 Å². The van der Waals surface area contributed by atoms with Crippen molar-refractivity contribution in [2.45, 2.75) is 77.9 Å². The lowest BCUT2D eigenvalue weighted by Crippen LogP contribution is -2.49. The summed E-state index contributed by atoms with van der Waals surface area (Å²) in [6.07, 6.45) is -0.636. The number of rotatable bonds is 15. The smallest absolute Gasteiger partial charge is 0.414 e. The highest BCUT2D eigenvalue weighted by atomic mass is 32.2. The topological polar surface area (TPSA) is 241 Å². The first-order valence-electron chi connectivity index (χ1n) is 24.5. The number of cyclic esters (lactones) is 2. The maximum absolute atomic E-state index is 12.7. The highest BCUT2D eigenvalue weighted by Crippen LogP contribution is 2.26. The number of carbonyl (C=O) groups excluding carboxylic acids is 5. The van der Waals surface area contributed by atoms with Gasteiger partial charge in [0, 0.05) is 72.9 Å². The minimum absolute atomic E-state index is 0.00583. The van der Waals surface area contributed by atoms with Gasteiger partial charge >= 0.3 is 18.2 Å². The minimum atomic E-state index is -3.63. The summed E-state index contributed by atoms with van der Waals surface area (Å²) < 4.78 is 42.7. The van der Waals surface area contributed by atoms with E-state index in [9.17, 15) is 32.4 Å². The van der Waals surface area contributed by atoms with E-state index in [2.05, 4.69) is 62.0 Å². The molecule has 396 valence electrons. The average Bonchev–Trinajstić information content (AvgIpc) is 3.93. The standard InChI is InChI=1S/C31H41N5O5.C23H27N3O6S/c1-5-40-27(37)14-15-34-16-18-35(19-17-34)20-26-21-36(30(39)41-26)25-12-8-22(9-13-25)28(32)33-29(38)23-6-10-24(11-7-23)31(2,3)4;1-23(2,3)17-9-5-16(6-10-17)21(27)25-20(24)15-7-11-18(12-8-15)26-13-19(32-22(26)28)14-31-33(4,29)30/h6-13,26H,5,14-21H2,1-4H3,(H2,32,33,38);5-12,19H,13-14H2,1-4H3,(H2,24,25,27). The van der Waals surface area contributed by atoms with E-state index in [-0.39, 0.29) is 59.5 Å². The fourth-order valence-corrected chi connectivity index (χ4v) is 8.59. The molecule has 20 heteroatoms. The predicted octanol–water partition coefficient (Wildman–Crippen LogP) is 6.68. The van der Waals surface area contributed by atoms with Crippen molar-refractivity contribution < 1.29 is 50.8 Å². The molecule has 19 nitrogen and oxygen atoms in total. The van der Waals surface area contributed by atoms with Crippen molar-refractivity contribution in [3.63, 3.8) is 0 Å². The van der Waals surface area contributed by atoms with Crippen LogP contribution in [0.4, 0.5) is 21.0 Å². The van der Waals surface area contributed by atoms with E-state index < -0.39 is 28.4 Å². The quantitative estimate of drug-likeness (QED) is 0.0320. The molecule has 0 spiro atoms. The van der Waals surface area contributed by atoms with Crippen molar-refractivity contribution in [1.29, 1.82) is 10.8 Å². The van der Waals surface area contributed by atoms with E-state index in [1.807, 2.05) is 31.2 Å². The molecule has 2 atom stereocenters. The van der Waals surface area contributed by atoms with E-state index in [0.717, 1.165) is 43.6 Å². The van der Waals surface area contributed by atoms with Gasteiger partial charge in [0.15, 0.2) is 0 Å². The molecule has 3 saturated heterocycles. The maximum atomic E-state index is 12.7. The van der Waals surface area contributed by atoms with Gasteiger partial charge in [0.1, 0.15) is 30.5 Å². The SMILES string of the molecule is CC(C)(C)c1ccc(C(=O)NC(=N)c2ccc(N3CC(COS(C)(=O)=O)OC3=O)cc2)cc1.CCOC(=O)CCN1CCN(CC2CN(c3ccc(C(=N)NC(=O)c4ccc(C(C)(C)C)cc4)cc3)C(=O)O2)CC1. The second kappa shape index (κ2) is 24.4. The van der Waals surface area contributed by atoms with Gasteiger partial charge in [-0.15, -0.1) is 0 Å². The average molecular weight is 1040 g/mol. The monoisotopic (exact) mass is 1040 g/mol. The highest BCUT2D eigenvalue weighted by Gasteiger charge is 2.35. The first kappa shape index (κ1) is 56.3. The van der Waals surface area contributed by atoms with Crippen LogP contribution in [0.25, 0.3) is 0 Å². The third kappa shape index (κ3) is 16.0. The van der Waals surface area contributed by atoms with Gasteiger partial charge in [-0.2, -0.15) is 8.42 Å². The highest BCUT2D eigenvalue weighted by molar-refractivity contribution is 7.86. The van der Waals surface area contributed by atoms with E-state index >= 15 is 0 Å². The number of anilines is 2. The number of hydrogen-bond acceptors (Lipinski definition) is 15. The van der Waals surface area contributed by atoms with Crippen molar-refractivity contribution in [1.82, 2.24) is 20.4 Å². The molecular weight excluding hydrogens is 969 g/mol. The summed E-state index contributed by atoms with van der Waals surface area (Å²) in [5.74, 6) is -0.976. The zero-order valence-corrected chi connectivity index (χ0v) is 44.2. The summed E-state index contributed by atoms with van der Waals surface area (Å²) in [6, 6.07) is 28.1. The number of nitrogens with one attached hydrogen (secondary N) is 4. The Hall–Kier alpha value is -7.00. The van der Waals surface area contributed by atoms with Gasteiger partial charge in [-0.3, -0.25) is 44.1 Å². The van der Waals surface area contributed by atoms with Gasteiger partial charge in [0.2, 0.25) is 0 Å². The summed E-state index contributed by atoms with van der Waals surface area (Å²) in [6.45, 7) is 19.9. The molecule has 4 N–H and O–H groups in total. The summed E-state index contributed by atoms with van der Waals surface area (Å²) in [5, 5.41) is 21.8. The van der Waals surface area contributed by atoms with Gasteiger partial charge in [-0.05, 0) is 102 Å². The van der Waals surface area contributed by atoms with Crippen LogP contribution in [-0.4, -0.2) is 144 Å². The second-order valence-electron chi connectivity index (χ2n) is 20.3. The molecule has 3 aliphatic heterocycles. The van der Waals surface area contributed by atoms with Crippen molar-refractivity contribution in [3.8, 4) is 0 Å². The van der Waals surface area contributed by atoms with Crippen LogP contribution in [0.1, 0.15) is 97.9 Å². The number of esters is 1. The predicted molar refractivity (Wildman–Crippen MR) is 282 cm³/mol. The Bertz CT molecular complexity index is 2770. The van der Waals surface area contributed by atoms with Crippen molar-refractivity contribution in [2.75, 3.05) is 81.6 Å². The Morgan fingerprint density at radius 2 is 1.01 bits per heavy atom. The zero-order chi connectivity index (χ0) is 54.0. The van der Waals surface area contributed by atoms with Gasteiger partial charge in [-0.25, -0.2) is 9.59 Å². The number of piperazine rings is 1. The maximum Gasteiger partial charge on any atom is 0.414 e. The van der Waals surface area contributed by atoms with Crippen LogP contribution >= 0.6 is 0 Å². The number of nitrogens with zero attached hydrogens (tertiary/aromatic N) is 4. The third-order valence-electron chi connectivity index (χ3n) is 12.5. The Kier molecular flexibility index (Phi) is 18.5. The van der Waals surface area contributed by atoms with Crippen molar-refractivity contribution in [2.24, 2.45) is 0 Å². The largest absolute Gasteiger partial charge is 0.466 e. The zero-order valence-electron chi connectivity index (χ0n) is 43.4. The van der Waals surface area contributed by atoms with Crippen molar-refractivity contribution in [3.05, 3.63) is 130 Å². The Balaban J connectivity index is 0.000000247. The molecule has 0 saturated carbocycles. The van der Waals surface area contributed by atoms with E-state index in [1.54, 1.807) is 77.7 Å². The number of ether oxygens (including phenoxy) is 3. The van der Waals surface area contributed by atoms with E-state index in [0.29, 0.717) is 66.3 Å². The molecule has 0 bridgehead atoms. The van der Waals surface area contributed by atoms with Crippen molar-refractivity contribution >= 4 is 63.1 Å². The minimum Gasteiger partial charge on any atom is -0.466 e. The molecule has 0 aliphatic carbocycles. The lowest BCUT2D eigenvalue weighted by molar-refractivity contribution is -0.143. The number of amidine groups is 2. The molecule has 3 heterocycles. The molecule has 4 aromatic carbocycles. The van der Waals surface area contributed by atoms with Gasteiger partial charge < -0.3 is 29.7 Å². The lowest BCUT2D eigenvalue weighted by Gasteiger charge is -2.35. The first-order chi connectivity index (χ1) is 34.9. The molecule has 4 amide bonds. The Labute approximate surface area is 433 Å². The van der Waals surface area contributed by atoms with Gasteiger partial charge in [0.05, 0.1) is 32.4 Å². The first-order valence-corrected chi connectivity index (χ1v) is 26.3. The molecule has 3 aliphatic rings. The Morgan fingerprint density at radius 1 is 0.622 bits per heavy atom. The molecular formula is C54H68N8O11S. The second-order valence-corrected chi connectivity index (χ2v) is 22.0. The summed E-state index contributed by atoms with van der Waals surface area (Å²) in [5.41, 5.74) is 5.35. The van der Waals surface area contributed by atoms with Crippen LogP contribution < -0.4 is 20.4 Å². The van der Waals surface area contributed by atoms with Crippen LogP contribution in [-0.2, 0) is 44.1 Å². The molecule has 2 unspecified atom stereocenters. The third-order valence-corrected chi connectivity index (χ3v) is 13.1. The summed E-state index contributed by atoms with van der Waals surface area (Å²) in [7, 11) is -3.63. The molecule has 3 fully saturated rings. The fourth-order valence-electron chi connectivity index (χ4n) is 8.19. The molecule has 7 rings (SSSR count). The number of amides is 4. The molecule has 74 heavy (non-hydrogen) atoms. The molecule has 4 aromatic rings.